The van der Waals surface area contributed by atoms with Gasteiger partial charge in [-0.15, -0.1) is 0 Å². The number of hydrogen-bond acceptors (Lipinski definition) is 1. The second-order valence-electron chi connectivity index (χ2n) is 2.16. The summed E-state index contributed by atoms with van der Waals surface area (Å²) in [5.41, 5.74) is 6.13. The Morgan fingerprint density at radius 1 is 1.25 bits per heavy atom. The van der Waals surface area contributed by atoms with Gasteiger partial charge in [0, 0.05) is 0 Å². The Morgan fingerprint density at radius 2 is 1.58 bits per heavy atom. The number of rotatable bonds is 0. The molecule has 0 aliphatic rings. The van der Waals surface area contributed by atoms with Gasteiger partial charge >= 0.3 is 0 Å². The molecule has 0 fully saturated rings. The highest BCUT2D eigenvalue weighted by molar-refractivity contribution is 8.37. The topological polar surface area (TPSA) is 26.0 Å². The van der Waals surface area contributed by atoms with Gasteiger partial charge in [-0.2, -0.15) is 0 Å². The molecule has 2 N–H and O–H groups in total. The van der Waals surface area contributed by atoms with E-state index in [1.54, 1.807) is 0 Å². The van der Waals surface area contributed by atoms with Gasteiger partial charge < -0.3 is 0 Å². The van der Waals surface area contributed by atoms with Crippen LogP contribution in [0.2, 0.25) is 0 Å². The molecule has 0 saturated carbocycles. The minimum absolute atomic E-state index is 1.32. The Morgan fingerprint density at radius 3 is 1.75 bits per heavy atom. The van der Waals surface area contributed by atoms with Crippen LogP contribution < -0.4 is 5.50 Å². The van der Waals surface area contributed by atoms with Crippen LogP contribution in [0.4, 0.5) is 0 Å². The average Bonchev–Trinajstić information content (AvgIpc) is 1.85. The zero-order chi connectivity index (χ0) is 9.61. The summed E-state index contributed by atoms with van der Waals surface area (Å²) in [4.78, 5) is -2.36. The van der Waals surface area contributed by atoms with Crippen molar-refractivity contribution in [1.82, 2.24) is 0 Å². The molecule has 0 aromatic heterocycles. The van der Waals surface area contributed by atoms with Crippen LogP contribution in [0.1, 0.15) is 5.56 Å². The molecule has 0 radical (unpaired) electrons. The molecular formula is C7H10Cl2NPS. The molecule has 0 bridgehead atoms. The summed E-state index contributed by atoms with van der Waals surface area (Å²) >= 11 is 14.2. The van der Waals surface area contributed by atoms with E-state index >= 15 is 0 Å². The minimum Gasteiger partial charge on any atom is -0.279 e. The van der Waals surface area contributed by atoms with Crippen molar-refractivity contribution in [3.8, 4) is 0 Å². The number of hydrogen-bond donors (Lipinski definition) is 1. The Kier molecular flexibility index (Phi) is 6.16. The van der Waals surface area contributed by atoms with Gasteiger partial charge in [0.25, 0.3) is 0 Å². The molecule has 68 valence electrons. The van der Waals surface area contributed by atoms with E-state index in [1.165, 1.54) is 5.56 Å². The smallest absolute Gasteiger partial charge is 0.178 e. The first kappa shape index (κ1) is 12.4. The molecule has 0 unspecified atom stereocenters. The van der Waals surface area contributed by atoms with Crippen LogP contribution in [-0.2, 0) is 11.8 Å². The Hall–Kier alpha value is 0.410. The van der Waals surface area contributed by atoms with E-state index in [9.17, 15) is 0 Å². The summed E-state index contributed by atoms with van der Waals surface area (Å²) in [7, 11) is 0. The van der Waals surface area contributed by atoms with E-state index in [-0.39, 0.29) is 0 Å². The lowest BCUT2D eigenvalue weighted by molar-refractivity contribution is 1.48. The summed E-state index contributed by atoms with van der Waals surface area (Å²) in [5.74, 6) is 0. The first-order valence-electron chi connectivity index (χ1n) is 3.19. The van der Waals surface area contributed by atoms with Crippen molar-refractivity contribution >= 4 is 39.2 Å². The molecule has 12 heavy (non-hydrogen) atoms. The van der Waals surface area contributed by atoms with Gasteiger partial charge in [0.05, 0.1) is 0 Å². The molecule has 0 aliphatic carbocycles. The highest BCUT2D eigenvalue weighted by atomic mass is 35.9. The first-order valence-corrected chi connectivity index (χ1v) is 7.87. The van der Waals surface area contributed by atoms with Crippen LogP contribution in [0, 0.1) is 6.92 Å². The van der Waals surface area contributed by atoms with Crippen molar-refractivity contribution < 1.29 is 0 Å². The lowest BCUT2D eigenvalue weighted by Gasteiger charge is -1.85. The normalized spacial score (nSPS) is 10.0. The number of nitrogens with two attached hydrogens (primary N) is 1. The Labute approximate surface area is 87.5 Å². The quantitative estimate of drug-likeness (QED) is 0.703. The van der Waals surface area contributed by atoms with Gasteiger partial charge in [-0.3, -0.25) is 5.50 Å². The van der Waals surface area contributed by atoms with E-state index in [0.717, 1.165) is 0 Å². The van der Waals surface area contributed by atoms with Gasteiger partial charge in [0.15, 0.2) is 4.89 Å². The van der Waals surface area contributed by atoms with Gasteiger partial charge in [0.1, 0.15) is 0 Å². The van der Waals surface area contributed by atoms with Crippen molar-refractivity contribution in [1.29, 1.82) is 0 Å². The van der Waals surface area contributed by atoms with Crippen molar-refractivity contribution in [2.75, 3.05) is 0 Å². The molecule has 1 nitrogen and oxygen atoms in total. The highest BCUT2D eigenvalue weighted by Crippen LogP contribution is 2.47. The SMILES string of the molecule is Cc1ccccc1.NP(=S)(Cl)Cl. The standard InChI is InChI=1S/C7H8.Cl2H2NPS/c1-7-5-3-2-4-6-7;1-4(2,3)5/h2-6H,1H3;(H2,3,5). The van der Waals surface area contributed by atoms with Gasteiger partial charge in [-0.25, -0.2) is 0 Å². The van der Waals surface area contributed by atoms with Crippen LogP contribution in [0.15, 0.2) is 30.3 Å². The molecule has 1 aromatic rings. The second kappa shape index (κ2) is 5.95. The molecular weight excluding hydrogens is 232 g/mol. The third-order valence-corrected chi connectivity index (χ3v) is 0.940. The van der Waals surface area contributed by atoms with Gasteiger partial charge in [-0.05, 0) is 18.7 Å². The predicted octanol–water partition coefficient (Wildman–Crippen LogP) is 3.64. The molecule has 0 amide bonds. The maximum absolute atomic E-state index is 5.00. The lowest BCUT2D eigenvalue weighted by atomic mass is 10.2. The third kappa shape index (κ3) is 13.0. The van der Waals surface area contributed by atoms with E-state index in [0.29, 0.717) is 0 Å². The van der Waals surface area contributed by atoms with E-state index < -0.39 is 4.89 Å². The largest absolute Gasteiger partial charge is 0.279 e. The molecule has 0 spiro atoms. The third-order valence-electron chi connectivity index (χ3n) is 0.940. The maximum Gasteiger partial charge on any atom is 0.178 e. The van der Waals surface area contributed by atoms with Crippen LogP contribution >= 0.6 is 27.4 Å². The summed E-state index contributed by atoms with van der Waals surface area (Å²) in [6.45, 7) is 2.08. The predicted molar refractivity (Wildman–Crippen MR) is 61.4 cm³/mol. The molecule has 0 saturated heterocycles. The van der Waals surface area contributed by atoms with Crippen LogP contribution in [0.3, 0.4) is 0 Å². The maximum atomic E-state index is 5.00. The zero-order valence-corrected chi connectivity index (χ0v) is 9.80. The molecule has 0 heterocycles. The van der Waals surface area contributed by atoms with E-state index in [4.69, 9.17) is 28.0 Å². The average molecular weight is 242 g/mol. The van der Waals surface area contributed by atoms with Crippen molar-refractivity contribution in [3.63, 3.8) is 0 Å². The van der Waals surface area contributed by atoms with E-state index in [1.807, 2.05) is 18.2 Å². The zero-order valence-electron chi connectivity index (χ0n) is 6.58. The fourth-order valence-electron chi connectivity index (χ4n) is 0.534. The molecule has 0 aliphatic heterocycles. The summed E-state index contributed by atoms with van der Waals surface area (Å²) < 4.78 is 0. The number of benzene rings is 1. The van der Waals surface area contributed by atoms with E-state index in [2.05, 4.69) is 30.9 Å². The first-order chi connectivity index (χ1) is 5.39. The van der Waals surface area contributed by atoms with Crippen LogP contribution in [0.25, 0.3) is 0 Å². The summed E-state index contributed by atoms with van der Waals surface area (Å²) in [6.07, 6.45) is 0. The lowest BCUT2D eigenvalue weighted by Crippen LogP contribution is -1.71. The monoisotopic (exact) mass is 241 g/mol. The van der Waals surface area contributed by atoms with Crippen LogP contribution in [-0.4, -0.2) is 0 Å². The minimum atomic E-state index is -2.36. The van der Waals surface area contributed by atoms with Crippen LogP contribution in [0.5, 0.6) is 0 Å². The molecule has 1 aromatic carbocycles. The van der Waals surface area contributed by atoms with Crippen molar-refractivity contribution in [3.05, 3.63) is 35.9 Å². The van der Waals surface area contributed by atoms with Gasteiger partial charge in [-0.1, -0.05) is 58.4 Å². The van der Waals surface area contributed by atoms with Crippen molar-refractivity contribution in [2.45, 2.75) is 6.92 Å². The number of aryl methyl sites for hydroxylation is 1. The Bertz CT molecular complexity index is 251. The fraction of sp³-hybridized carbons (Fsp3) is 0.143. The highest BCUT2D eigenvalue weighted by Gasteiger charge is 1.91. The molecule has 1 rings (SSSR count). The summed E-state index contributed by atoms with van der Waals surface area (Å²) in [5, 5.41) is 0. The Balaban J connectivity index is 0.000000217. The van der Waals surface area contributed by atoms with Crippen molar-refractivity contribution in [2.24, 2.45) is 5.50 Å². The summed E-state index contributed by atoms with van der Waals surface area (Å²) in [6, 6.07) is 10.3. The van der Waals surface area contributed by atoms with Gasteiger partial charge in [0.2, 0.25) is 0 Å². The number of halogens is 2. The molecule has 0 atom stereocenters. The second-order valence-corrected chi connectivity index (χ2v) is 9.81. The fourth-order valence-corrected chi connectivity index (χ4v) is 0.534. The molecule has 5 heteroatoms.